The molecule has 1 aromatic heterocycles. The molecule has 0 radical (unpaired) electrons. The molecule has 36 heavy (non-hydrogen) atoms. The maximum absolute atomic E-state index is 12.3. The fourth-order valence-corrected chi connectivity index (χ4v) is 4.46. The largest absolute Gasteiger partial charge is 0.497 e. The van der Waals surface area contributed by atoms with Crippen molar-refractivity contribution >= 4 is 16.9 Å². The number of aromatic nitrogens is 2. The van der Waals surface area contributed by atoms with Crippen LogP contribution in [0, 0.1) is 13.8 Å². The van der Waals surface area contributed by atoms with Gasteiger partial charge in [-0.05, 0) is 79.8 Å². The van der Waals surface area contributed by atoms with Crippen LogP contribution in [-0.4, -0.2) is 35.7 Å². The van der Waals surface area contributed by atoms with Crippen molar-refractivity contribution in [2.24, 2.45) is 0 Å². The van der Waals surface area contributed by atoms with Crippen LogP contribution in [0.2, 0.25) is 0 Å². The van der Waals surface area contributed by atoms with E-state index in [1.807, 2.05) is 30.3 Å². The summed E-state index contributed by atoms with van der Waals surface area (Å²) in [4.78, 5) is 17.2. The van der Waals surface area contributed by atoms with Gasteiger partial charge in [-0.1, -0.05) is 30.3 Å². The fourth-order valence-electron chi connectivity index (χ4n) is 4.46. The Balaban J connectivity index is 1.28. The third-order valence-corrected chi connectivity index (χ3v) is 6.15. The minimum Gasteiger partial charge on any atom is -0.497 e. The number of nitrogens with zero attached hydrogens (tertiary/aromatic N) is 2. The van der Waals surface area contributed by atoms with Gasteiger partial charge in [-0.25, -0.2) is 4.98 Å². The van der Waals surface area contributed by atoms with E-state index in [4.69, 9.17) is 14.5 Å². The topological polar surface area (TPSA) is 65.4 Å². The number of amides is 1. The van der Waals surface area contributed by atoms with E-state index < -0.39 is 0 Å². The predicted octanol–water partition coefficient (Wildman–Crippen LogP) is 5.42. The average molecular weight is 486 g/mol. The number of carbonyl (C=O) groups is 1. The van der Waals surface area contributed by atoms with E-state index in [2.05, 4.69) is 60.1 Å². The van der Waals surface area contributed by atoms with Gasteiger partial charge in [-0.15, -0.1) is 0 Å². The third kappa shape index (κ3) is 6.87. The number of rotatable bonds is 12. The minimum absolute atomic E-state index is 0.0252. The molecule has 0 unspecified atom stereocenters. The maximum atomic E-state index is 12.3. The summed E-state index contributed by atoms with van der Waals surface area (Å²) in [6, 6.07) is 22.1. The molecular weight excluding hydrogens is 450 g/mol. The normalized spacial score (nSPS) is 11.0. The van der Waals surface area contributed by atoms with E-state index in [1.165, 1.54) is 11.1 Å². The second kappa shape index (κ2) is 12.2. The van der Waals surface area contributed by atoms with Gasteiger partial charge in [0, 0.05) is 19.5 Å². The van der Waals surface area contributed by atoms with Gasteiger partial charge in [0.2, 0.25) is 5.91 Å². The summed E-state index contributed by atoms with van der Waals surface area (Å²) in [7, 11) is 1.63. The van der Waals surface area contributed by atoms with Crippen LogP contribution in [0.1, 0.15) is 35.4 Å². The Hall–Kier alpha value is -3.80. The summed E-state index contributed by atoms with van der Waals surface area (Å²) < 4.78 is 13.5. The number of benzene rings is 3. The van der Waals surface area contributed by atoms with E-state index in [-0.39, 0.29) is 5.91 Å². The first kappa shape index (κ1) is 25.3. The molecule has 3 aromatic carbocycles. The number of hydrogen-bond donors (Lipinski definition) is 1. The molecule has 1 heterocycles. The Morgan fingerprint density at radius 2 is 1.69 bits per heavy atom. The third-order valence-electron chi connectivity index (χ3n) is 6.15. The van der Waals surface area contributed by atoms with Crippen molar-refractivity contribution in [3.63, 3.8) is 0 Å². The highest BCUT2D eigenvalue weighted by atomic mass is 16.5. The Labute approximate surface area is 213 Å². The zero-order chi connectivity index (χ0) is 25.3. The van der Waals surface area contributed by atoms with Crippen LogP contribution in [0.5, 0.6) is 11.5 Å². The fraction of sp³-hybridized carbons (Fsp3) is 0.333. The SMILES string of the molecule is COc1ccc(CC(=O)NCCCc2nc3ccccc3n2CCCOc2cc(C)cc(C)c2)cc1. The van der Waals surface area contributed by atoms with Gasteiger partial charge in [0.05, 0.1) is 31.2 Å². The molecule has 0 aliphatic heterocycles. The van der Waals surface area contributed by atoms with E-state index in [1.54, 1.807) is 7.11 Å². The smallest absolute Gasteiger partial charge is 0.224 e. The number of hydrogen-bond acceptors (Lipinski definition) is 4. The number of carbonyl (C=O) groups excluding carboxylic acids is 1. The van der Waals surface area contributed by atoms with Crippen molar-refractivity contribution < 1.29 is 14.3 Å². The molecule has 0 atom stereocenters. The number of para-hydroxylation sites is 2. The molecule has 0 saturated carbocycles. The quantitative estimate of drug-likeness (QED) is 0.272. The first-order valence-electron chi connectivity index (χ1n) is 12.6. The number of methoxy groups -OCH3 is 1. The van der Waals surface area contributed by atoms with Crippen molar-refractivity contribution in [3.05, 3.63) is 89.2 Å². The van der Waals surface area contributed by atoms with Gasteiger partial charge in [0.25, 0.3) is 0 Å². The Bertz CT molecular complexity index is 1270. The molecule has 1 N–H and O–H groups in total. The van der Waals surface area contributed by atoms with E-state index >= 15 is 0 Å². The minimum atomic E-state index is 0.0252. The number of ether oxygens (including phenoxy) is 2. The lowest BCUT2D eigenvalue weighted by molar-refractivity contribution is -0.120. The molecule has 0 aliphatic rings. The second-order valence-corrected chi connectivity index (χ2v) is 9.17. The lowest BCUT2D eigenvalue weighted by Gasteiger charge is -2.12. The zero-order valence-electron chi connectivity index (χ0n) is 21.4. The van der Waals surface area contributed by atoms with Crippen molar-refractivity contribution in [1.82, 2.24) is 14.9 Å². The van der Waals surface area contributed by atoms with Crippen molar-refractivity contribution in [3.8, 4) is 11.5 Å². The first-order valence-corrected chi connectivity index (χ1v) is 12.6. The lowest BCUT2D eigenvalue weighted by atomic mass is 10.1. The van der Waals surface area contributed by atoms with Gasteiger partial charge in [0.15, 0.2) is 0 Å². The number of imidazole rings is 1. The highest BCUT2D eigenvalue weighted by molar-refractivity contribution is 5.78. The summed E-state index contributed by atoms with van der Waals surface area (Å²) in [5.74, 6) is 2.79. The van der Waals surface area contributed by atoms with Gasteiger partial charge in [0.1, 0.15) is 17.3 Å². The van der Waals surface area contributed by atoms with Crippen LogP contribution in [0.4, 0.5) is 0 Å². The summed E-state index contributed by atoms with van der Waals surface area (Å²) in [5.41, 5.74) is 5.54. The standard InChI is InChI=1S/C30H35N3O3/c1-22-18-23(2)20-26(19-22)36-17-7-16-33-28-9-5-4-8-27(28)32-29(33)10-6-15-31-30(34)21-24-11-13-25(35-3)14-12-24/h4-5,8-9,11-14,18-20H,6-7,10,15-17,21H2,1-3H3,(H,31,34). The van der Waals surface area contributed by atoms with E-state index in [9.17, 15) is 4.79 Å². The molecule has 188 valence electrons. The second-order valence-electron chi connectivity index (χ2n) is 9.17. The monoisotopic (exact) mass is 485 g/mol. The highest BCUT2D eigenvalue weighted by Crippen LogP contribution is 2.19. The van der Waals surface area contributed by atoms with Crippen LogP contribution in [0.3, 0.4) is 0 Å². The van der Waals surface area contributed by atoms with Crippen LogP contribution in [0.15, 0.2) is 66.7 Å². The number of nitrogens with one attached hydrogen (secondary N) is 1. The lowest BCUT2D eigenvalue weighted by Crippen LogP contribution is -2.26. The van der Waals surface area contributed by atoms with Gasteiger partial charge < -0.3 is 19.4 Å². The van der Waals surface area contributed by atoms with Crippen LogP contribution < -0.4 is 14.8 Å². The Morgan fingerprint density at radius 1 is 0.944 bits per heavy atom. The molecule has 4 rings (SSSR count). The van der Waals surface area contributed by atoms with E-state index in [0.29, 0.717) is 19.6 Å². The predicted molar refractivity (Wildman–Crippen MR) is 144 cm³/mol. The molecule has 6 nitrogen and oxygen atoms in total. The molecule has 4 aromatic rings. The molecule has 0 spiro atoms. The Kier molecular flexibility index (Phi) is 8.61. The van der Waals surface area contributed by atoms with Crippen LogP contribution in [0.25, 0.3) is 11.0 Å². The molecule has 0 saturated heterocycles. The van der Waals surface area contributed by atoms with Crippen molar-refractivity contribution in [1.29, 1.82) is 0 Å². The number of fused-ring (bicyclic) bond motifs is 1. The first-order chi connectivity index (χ1) is 17.5. The van der Waals surface area contributed by atoms with Gasteiger partial charge >= 0.3 is 0 Å². The molecule has 0 fully saturated rings. The Morgan fingerprint density at radius 3 is 2.44 bits per heavy atom. The van der Waals surface area contributed by atoms with Crippen molar-refractivity contribution in [2.45, 2.75) is 46.1 Å². The highest BCUT2D eigenvalue weighted by Gasteiger charge is 2.11. The summed E-state index contributed by atoms with van der Waals surface area (Å²) >= 11 is 0. The molecule has 6 heteroatoms. The summed E-state index contributed by atoms with van der Waals surface area (Å²) in [5, 5.41) is 3.04. The average Bonchev–Trinajstić information content (AvgIpc) is 3.22. The summed E-state index contributed by atoms with van der Waals surface area (Å²) in [6.45, 7) is 6.28. The summed E-state index contributed by atoms with van der Waals surface area (Å²) in [6.07, 6.45) is 2.88. The van der Waals surface area contributed by atoms with E-state index in [0.717, 1.165) is 59.7 Å². The molecule has 1 amide bonds. The van der Waals surface area contributed by atoms with Crippen LogP contribution >= 0.6 is 0 Å². The van der Waals surface area contributed by atoms with Gasteiger partial charge in [-0.3, -0.25) is 4.79 Å². The van der Waals surface area contributed by atoms with Crippen LogP contribution in [-0.2, 0) is 24.2 Å². The van der Waals surface area contributed by atoms with Crippen molar-refractivity contribution in [2.75, 3.05) is 20.3 Å². The zero-order valence-corrected chi connectivity index (χ0v) is 21.4. The van der Waals surface area contributed by atoms with Gasteiger partial charge in [-0.2, -0.15) is 0 Å². The molecular formula is C30H35N3O3. The maximum Gasteiger partial charge on any atom is 0.224 e. The molecule has 0 aliphatic carbocycles. The number of aryl methyl sites for hydroxylation is 4. The molecule has 0 bridgehead atoms.